The molecule has 4 rings (SSSR count). The summed E-state index contributed by atoms with van der Waals surface area (Å²) in [5.41, 5.74) is 3.27. The Morgan fingerprint density at radius 2 is 1.50 bits per heavy atom. The van der Waals surface area contributed by atoms with E-state index in [1.165, 1.54) is 4.68 Å². The van der Waals surface area contributed by atoms with Crippen LogP contribution >= 0.6 is 23.2 Å². The average molecular weight is 525 g/mol. The van der Waals surface area contributed by atoms with Gasteiger partial charge in [0.05, 0.1) is 5.69 Å². The van der Waals surface area contributed by atoms with Gasteiger partial charge >= 0.3 is 5.97 Å². The number of aryl methyl sites for hydroxylation is 1. The molecule has 0 saturated heterocycles. The van der Waals surface area contributed by atoms with Gasteiger partial charge in [0.25, 0.3) is 0 Å². The molecule has 0 unspecified atom stereocenters. The highest BCUT2D eigenvalue weighted by atomic mass is 35.5. The van der Waals surface area contributed by atoms with Crippen LogP contribution in [0.15, 0.2) is 72.8 Å². The van der Waals surface area contributed by atoms with Crippen molar-refractivity contribution in [1.82, 2.24) is 9.78 Å². The number of hydrogen-bond acceptors (Lipinski definition) is 4. The number of aromatic carboxylic acids is 1. The molecule has 0 radical (unpaired) electrons. The maximum absolute atomic E-state index is 11.8. The molecule has 36 heavy (non-hydrogen) atoms. The first-order chi connectivity index (χ1) is 17.4. The molecular formula is C28H26Cl2N2O4. The van der Waals surface area contributed by atoms with Gasteiger partial charge in [-0.05, 0) is 60.0 Å². The topological polar surface area (TPSA) is 73.6 Å². The maximum Gasteiger partial charge on any atom is 0.354 e. The van der Waals surface area contributed by atoms with Gasteiger partial charge in [-0.15, -0.1) is 0 Å². The predicted octanol–water partition coefficient (Wildman–Crippen LogP) is 7.51. The summed E-state index contributed by atoms with van der Waals surface area (Å²) in [6, 6.07) is 21.9. The Bertz CT molecular complexity index is 1320. The van der Waals surface area contributed by atoms with Gasteiger partial charge in [-0.1, -0.05) is 60.8 Å². The Kier molecular flexibility index (Phi) is 8.52. The smallest absolute Gasteiger partial charge is 0.354 e. The number of nitrogens with zero attached hydrogens (tertiary/aromatic N) is 2. The highest BCUT2D eigenvalue weighted by molar-refractivity contribution is 6.30. The van der Waals surface area contributed by atoms with Crippen molar-refractivity contribution in [2.45, 2.75) is 39.5 Å². The quantitative estimate of drug-likeness (QED) is 0.219. The zero-order chi connectivity index (χ0) is 25.5. The minimum atomic E-state index is -1.02. The summed E-state index contributed by atoms with van der Waals surface area (Å²) in [4.78, 5) is 11.8. The molecule has 0 saturated carbocycles. The number of carboxylic acid groups (broad SMARTS) is 1. The Hall–Kier alpha value is -3.48. The largest absolute Gasteiger partial charge is 0.489 e. The highest BCUT2D eigenvalue weighted by Gasteiger charge is 2.18. The minimum Gasteiger partial charge on any atom is -0.489 e. The van der Waals surface area contributed by atoms with Crippen LogP contribution in [0.4, 0.5) is 0 Å². The van der Waals surface area contributed by atoms with Crippen molar-refractivity contribution >= 4 is 29.2 Å². The van der Waals surface area contributed by atoms with Crippen LogP contribution in [0.5, 0.6) is 11.5 Å². The predicted molar refractivity (Wildman–Crippen MR) is 141 cm³/mol. The lowest BCUT2D eigenvalue weighted by Gasteiger charge is -2.13. The molecule has 4 aromatic rings. The van der Waals surface area contributed by atoms with Crippen molar-refractivity contribution in [2.75, 3.05) is 0 Å². The van der Waals surface area contributed by atoms with Gasteiger partial charge in [-0.2, -0.15) is 5.10 Å². The molecule has 3 aromatic carbocycles. The molecule has 1 N–H and O–H groups in total. The number of unbranched alkanes of at least 4 members (excludes halogenated alkanes) is 1. The molecule has 186 valence electrons. The van der Waals surface area contributed by atoms with Gasteiger partial charge in [-0.3, -0.25) is 4.68 Å². The second kappa shape index (κ2) is 12.0. The lowest BCUT2D eigenvalue weighted by molar-refractivity contribution is 0.0683. The fraction of sp³-hybridized carbons (Fsp3) is 0.214. The number of benzene rings is 3. The number of aromatic nitrogens is 2. The SMILES string of the molecule is CCCCn1nc(-c2ccc(OCc3ccc(Cl)cc3)cc2OCc2ccc(Cl)cc2)cc1C(=O)O. The zero-order valence-electron chi connectivity index (χ0n) is 19.8. The molecule has 1 aromatic heterocycles. The maximum atomic E-state index is 11.8. The lowest BCUT2D eigenvalue weighted by Crippen LogP contribution is -2.09. The first kappa shape index (κ1) is 25.6. The summed E-state index contributed by atoms with van der Waals surface area (Å²) in [5.74, 6) is 0.135. The molecule has 0 amide bonds. The molecule has 0 atom stereocenters. The van der Waals surface area contributed by atoms with Gasteiger partial charge in [0.2, 0.25) is 0 Å². The van der Waals surface area contributed by atoms with Crippen LogP contribution in [0.3, 0.4) is 0 Å². The van der Waals surface area contributed by atoms with E-state index in [0.29, 0.717) is 52.6 Å². The number of halogens is 2. The summed E-state index contributed by atoms with van der Waals surface area (Å²) >= 11 is 12.0. The van der Waals surface area contributed by atoms with E-state index >= 15 is 0 Å². The molecule has 0 spiro atoms. The van der Waals surface area contributed by atoms with Crippen LogP contribution in [-0.2, 0) is 19.8 Å². The molecule has 6 nitrogen and oxygen atoms in total. The summed E-state index contributed by atoms with van der Waals surface area (Å²) < 4.78 is 13.7. The lowest BCUT2D eigenvalue weighted by atomic mass is 10.1. The van der Waals surface area contributed by atoms with Crippen molar-refractivity contribution in [2.24, 2.45) is 0 Å². The van der Waals surface area contributed by atoms with Crippen LogP contribution in [0.2, 0.25) is 10.0 Å². The minimum absolute atomic E-state index is 0.144. The van der Waals surface area contributed by atoms with Crippen molar-refractivity contribution in [3.63, 3.8) is 0 Å². The fourth-order valence-corrected chi connectivity index (χ4v) is 3.86. The van der Waals surface area contributed by atoms with E-state index in [4.69, 9.17) is 32.7 Å². The van der Waals surface area contributed by atoms with Gasteiger partial charge < -0.3 is 14.6 Å². The number of carboxylic acids is 1. The van der Waals surface area contributed by atoms with Crippen molar-refractivity contribution < 1.29 is 19.4 Å². The van der Waals surface area contributed by atoms with Crippen LogP contribution in [0, 0.1) is 0 Å². The summed E-state index contributed by atoms with van der Waals surface area (Å²) in [6.07, 6.45) is 1.77. The Morgan fingerprint density at radius 1 is 0.889 bits per heavy atom. The number of rotatable bonds is 11. The average Bonchev–Trinajstić information content (AvgIpc) is 3.31. The second-order valence-electron chi connectivity index (χ2n) is 8.28. The van der Waals surface area contributed by atoms with E-state index in [0.717, 1.165) is 24.0 Å². The molecule has 8 heteroatoms. The van der Waals surface area contributed by atoms with E-state index in [9.17, 15) is 9.90 Å². The first-order valence-electron chi connectivity index (χ1n) is 11.6. The van der Waals surface area contributed by atoms with Gasteiger partial charge in [0.15, 0.2) is 0 Å². The normalized spacial score (nSPS) is 10.9. The fourth-order valence-electron chi connectivity index (χ4n) is 3.61. The Balaban J connectivity index is 1.63. The van der Waals surface area contributed by atoms with E-state index in [-0.39, 0.29) is 5.69 Å². The van der Waals surface area contributed by atoms with Crippen LogP contribution in [-0.4, -0.2) is 20.9 Å². The van der Waals surface area contributed by atoms with E-state index < -0.39 is 5.97 Å². The third kappa shape index (κ3) is 6.59. The van der Waals surface area contributed by atoms with Gasteiger partial charge in [-0.25, -0.2) is 4.79 Å². The van der Waals surface area contributed by atoms with E-state index in [1.54, 1.807) is 24.3 Å². The molecule has 0 bridgehead atoms. The first-order valence-corrected chi connectivity index (χ1v) is 12.4. The van der Waals surface area contributed by atoms with Crippen molar-refractivity contribution in [3.8, 4) is 22.8 Å². The van der Waals surface area contributed by atoms with Gasteiger partial charge in [0, 0.05) is 28.2 Å². The second-order valence-corrected chi connectivity index (χ2v) is 9.16. The number of carbonyl (C=O) groups is 1. The molecular weight excluding hydrogens is 499 g/mol. The number of hydrogen-bond donors (Lipinski definition) is 1. The van der Waals surface area contributed by atoms with Gasteiger partial charge in [0.1, 0.15) is 30.4 Å². The molecule has 0 aliphatic heterocycles. The number of ether oxygens (including phenoxy) is 2. The standard InChI is InChI=1S/C28H26Cl2N2O4/c1-2-3-14-32-26(28(33)34)16-25(31-32)24-13-12-23(35-17-19-4-8-21(29)9-5-19)15-27(24)36-18-20-6-10-22(30)11-7-20/h4-13,15-16H,2-3,14,17-18H2,1H3,(H,33,34). The highest BCUT2D eigenvalue weighted by Crippen LogP contribution is 2.34. The third-order valence-electron chi connectivity index (χ3n) is 5.58. The van der Waals surface area contributed by atoms with Crippen molar-refractivity contribution in [1.29, 1.82) is 0 Å². The Morgan fingerprint density at radius 3 is 2.08 bits per heavy atom. The Labute approximate surface area is 220 Å². The molecule has 0 aliphatic rings. The van der Waals surface area contributed by atoms with Crippen LogP contribution in [0.25, 0.3) is 11.3 Å². The summed E-state index contributed by atoms with van der Waals surface area (Å²) in [6.45, 7) is 3.24. The molecule has 1 heterocycles. The molecule has 0 fully saturated rings. The van der Waals surface area contributed by atoms with Crippen LogP contribution < -0.4 is 9.47 Å². The zero-order valence-corrected chi connectivity index (χ0v) is 21.3. The monoisotopic (exact) mass is 524 g/mol. The van der Waals surface area contributed by atoms with Crippen LogP contribution in [0.1, 0.15) is 41.4 Å². The van der Waals surface area contributed by atoms with E-state index in [2.05, 4.69) is 12.0 Å². The third-order valence-corrected chi connectivity index (χ3v) is 6.08. The summed E-state index contributed by atoms with van der Waals surface area (Å²) in [7, 11) is 0. The summed E-state index contributed by atoms with van der Waals surface area (Å²) in [5, 5.41) is 15.6. The molecule has 0 aliphatic carbocycles. The van der Waals surface area contributed by atoms with E-state index in [1.807, 2.05) is 48.5 Å². The van der Waals surface area contributed by atoms with Crippen molar-refractivity contribution in [3.05, 3.63) is 99.7 Å².